The molecule has 1 unspecified atom stereocenters. The molecule has 0 bridgehead atoms. The van der Waals surface area contributed by atoms with E-state index >= 15 is 0 Å². The Hall–Kier alpha value is -1.10. The van der Waals surface area contributed by atoms with Gasteiger partial charge in [0.05, 0.1) is 13.7 Å². The smallest absolute Gasteiger partial charge is 0.305 e. The maximum Gasteiger partial charge on any atom is 0.305 e. The van der Waals surface area contributed by atoms with Crippen LogP contribution >= 0.6 is 0 Å². The van der Waals surface area contributed by atoms with E-state index in [2.05, 4.69) is 11.7 Å². The van der Waals surface area contributed by atoms with Crippen molar-refractivity contribution in [3.8, 4) is 0 Å². The zero-order chi connectivity index (χ0) is 17.3. The first kappa shape index (κ1) is 21.9. The molecule has 0 aliphatic carbocycles. The van der Waals surface area contributed by atoms with Crippen molar-refractivity contribution in [1.29, 1.82) is 0 Å². The Bertz CT molecular complexity index is 307. The zero-order valence-corrected chi connectivity index (χ0v) is 14.9. The van der Waals surface area contributed by atoms with Crippen LogP contribution in [0.1, 0.15) is 84.0 Å². The molecule has 0 aromatic carbocycles. The molecule has 0 aliphatic rings. The average molecular weight is 328 g/mol. The molecule has 0 fully saturated rings. The molecule has 5 nitrogen and oxygen atoms in total. The molecule has 1 N–H and O–H groups in total. The maximum absolute atomic E-state index is 11.5. The number of carbonyl (C=O) groups is 2. The standard InChI is InChI=1S/C18H34NO4/c1-3-4-5-6-7-8-9-10-11-12-15-23-17(20)14-13-16(19)18(21)22-2/h16,19H,3-15H2,1-2H3/q-1. The monoisotopic (exact) mass is 328 g/mol. The highest BCUT2D eigenvalue weighted by atomic mass is 16.5. The molecular weight excluding hydrogens is 294 g/mol. The van der Waals surface area contributed by atoms with Gasteiger partial charge in [0.15, 0.2) is 0 Å². The van der Waals surface area contributed by atoms with Crippen LogP contribution < -0.4 is 0 Å². The van der Waals surface area contributed by atoms with Gasteiger partial charge in [0.25, 0.3) is 5.97 Å². The fourth-order valence-electron chi connectivity index (χ4n) is 2.37. The van der Waals surface area contributed by atoms with Crippen molar-refractivity contribution < 1.29 is 19.1 Å². The van der Waals surface area contributed by atoms with Crippen LogP contribution in [0.3, 0.4) is 0 Å². The highest BCUT2D eigenvalue weighted by Crippen LogP contribution is 2.11. The normalized spacial score (nSPS) is 12.0. The molecule has 0 rings (SSSR count). The Morgan fingerprint density at radius 3 is 1.96 bits per heavy atom. The average Bonchev–Trinajstić information content (AvgIpc) is 2.56. The maximum atomic E-state index is 11.5. The summed E-state index contributed by atoms with van der Waals surface area (Å²) in [5.74, 6) is -0.936. The van der Waals surface area contributed by atoms with Gasteiger partial charge in [-0.2, -0.15) is 0 Å². The summed E-state index contributed by atoms with van der Waals surface area (Å²) in [7, 11) is 1.24. The molecule has 5 heteroatoms. The third-order valence-electron chi connectivity index (χ3n) is 3.88. The van der Waals surface area contributed by atoms with E-state index in [1.807, 2.05) is 0 Å². The van der Waals surface area contributed by atoms with Gasteiger partial charge in [0, 0.05) is 6.42 Å². The molecule has 23 heavy (non-hydrogen) atoms. The van der Waals surface area contributed by atoms with Crippen molar-refractivity contribution in [2.45, 2.75) is 90.0 Å². The summed E-state index contributed by atoms with van der Waals surface area (Å²) in [6.07, 6.45) is 12.7. The second kappa shape index (κ2) is 15.8. The molecule has 136 valence electrons. The number of carbonyl (C=O) groups excluding carboxylic acids is 2. The van der Waals surface area contributed by atoms with Crippen LogP contribution in [0.25, 0.3) is 5.73 Å². The van der Waals surface area contributed by atoms with Crippen molar-refractivity contribution >= 4 is 11.9 Å². The summed E-state index contributed by atoms with van der Waals surface area (Å²) >= 11 is 0. The Kier molecular flexibility index (Phi) is 15.0. The number of hydrogen-bond acceptors (Lipinski definition) is 4. The van der Waals surface area contributed by atoms with Crippen LogP contribution in [0.2, 0.25) is 0 Å². The van der Waals surface area contributed by atoms with Crippen molar-refractivity contribution in [3.05, 3.63) is 5.73 Å². The number of nitrogens with one attached hydrogen (secondary N) is 1. The minimum absolute atomic E-state index is 0.0982. The van der Waals surface area contributed by atoms with Crippen molar-refractivity contribution in [1.82, 2.24) is 0 Å². The number of rotatable bonds is 15. The summed E-state index contributed by atoms with van der Waals surface area (Å²) in [5.41, 5.74) is 7.45. The molecular formula is C18H34NO4-. The van der Waals surface area contributed by atoms with E-state index in [4.69, 9.17) is 10.5 Å². The number of unbranched alkanes of at least 4 members (excludes halogenated alkanes) is 9. The van der Waals surface area contributed by atoms with Gasteiger partial charge in [0.2, 0.25) is 0 Å². The van der Waals surface area contributed by atoms with E-state index in [0.717, 1.165) is 12.8 Å². The predicted molar refractivity (Wildman–Crippen MR) is 92.2 cm³/mol. The number of methoxy groups -OCH3 is 1. The van der Waals surface area contributed by atoms with Gasteiger partial charge in [-0.3, -0.25) is 9.59 Å². The van der Waals surface area contributed by atoms with Gasteiger partial charge in [-0.25, -0.2) is 0 Å². The summed E-state index contributed by atoms with van der Waals surface area (Å²) in [6, 6.07) is -0.995. The summed E-state index contributed by atoms with van der Waals surface area (Å²) in [5, 5.41) is 0. The first-order valence-corrected chi connectivity index (χ1v) is 9.06. The highest BCUT2D eigenvalue weighted by Gasteiger charge is 2.10. The lowest BCUT2D eigenvalue weighted by Crippen LogP contribution is -2.19. The van der Waals surface area contributed by atoms with Crippen molar-refractivity contribution in [3.63, 3.8) is 0 Å². The van der Waals surface area contributed by atoms with E-state index in [0.29, 0.717) is 6.61 Å². The number of hydrogen-bond donors (Lipinski definition) is 0. The van der Waals surface area contributed by atoms with Crippen molar-refractivity contribution in [2.24, 2.45) is 0 Å². The molecule has 0 amide bonds. The van der Waals surface area contributed by atoms with Crippen LogP contribution in [0.15, 0.2) is 0 Å². The lowest BCUT2D eigenvalue weighted by molar-refractivity contribution is -0.144. The molecule has 0 spiro atoms. The lowest BCUT2D eigenvalue weighted by atomic mass is 10.1. The van der Waals surface area contributed by atoms with Gasteiger partial charge in [-0.05, 0) is 18.9 Å². The molecule has 0 radical (unpaired) electrons. The van der Waals surface area contributed by atoms with Gasteiger partial charge < -0.3 is 15.2 Å². The third kappa shape index (κ3) is 14.2. The van der Waals surface area contributed by atoms with Gasteiger partial charge in [-0.15, -0.1) is 0 Å². The van der Waals surface area contributed by atoms with E-state index in [-0.39, 0.29) is 18.8 Å². The number of ether oxygens (including phenoxy) is 2. The second-order valence-electron chi connectivity index (χ2n) is 6.02. The Morgan fingerprint density at radius 2 is 1.43 bits per heavy atom. The first-order chi connectivity index (χ1) is 11.1. The number of esters is 2. The Labute approximate surface area is 141 Å². The van der Waals surface area contributed by atoms with E-state index in [9.17, 15) is 9.59 Å². The quantitative estimate of drug-likeness (QED) is 0.319. The Morgan fingerprint density at radius 1 is 0.913 bits per heavy atom. The summed E-state index contributed by atoms with van der Waals surface area (Å²) < 4.78 is 9.54. The van der Waals surface area contributed by atoms with Crippen LogP contribution in [-0.4, -0.2) is 31.7 Å². The summed E-state index contributed by atoms with van der Waals surface area (Å²) in [4.78, 5) is 22.5. The van der Waals surface area contributed by atoms with E-state index < -0.39 is 12.0 Å². The molecule has 0 aromatic heterocycles. The lowest BCUT2D eigenvalue weighted by Gasteiger charge is -2.15. The van der Waals surface area contributed by atoms with Crippen LogP contribution in [-0.2, 0) is 19.1 Å². The highest BCUT2D eigenvalue weighted by molar-refractivity contribution is 5.78. The first-order valence-electron chi connectivity index (χ1n) is 9.06. The second-order valence-corrected chi connectivity index (χ2v) is 6.02. The zero-order valence-electron chi connectivity index (χ0n) is 14.9. The predicted octanol–water partition coefficient (Wildman–Crippen LogP) is 4.82. The molecule has 0 aliphatic heterocycles. The fourth-order valence-corrected chi connectivity index (χ4v) is 2.37. The van der Waals surface area contributed by atoms with Crippen LogP contribution in [0.5, 0.6) is 0 Å². The minimum atomic E-state index is -0.995. The van der Waals surface area contributed by atoms with E-state index in [1.54, 1.807) is 0 Å². The van der Waals surface area contributed by atoms with E-state index in [1.165, 1.54) is 58.5 Å². The molecule has 0 saturated heterocycles. The SMILES string of the molecule is CCCCCCCCCCCCOC(=O)CCC([NH-])C(=O)OC. The Balaban J connectivity index is 3.31. The molecule has 0 heterocycles. The molecule has 0 aromatic rings. The van der Waals surface area contributed by atoms with Gasteiger partial charge in [0.1, 0.15) is 0 Å². The third-order valence-corrected chi connectivity index (χ3v) is 3.88. The van der Waals surface area contributed by atoms with Gasteiger partial charge in [-0.1, -0.05) is 64.7 Å². The van der Waals surface area contributed by atoms with Crippen LogP contribution in [0, 0.1) is 0 Å². The van der Waals surface area contributed by atoms with Crippen molar-refractivity contribution in [2.75, 3.05) is 13.7 Å². The fraction of sp³-hybridized carbons (Fsp3) is 0.889. The molecule has 0 saturated carbocycles. The largest absolute Gasteiger partial charge is 0.665 e. The minimum Gasteiger partial charge on any atom is -0.665 e. The van der Waals surface area contributed by atoms with Gasteiger partial charge >= 0.3 is 5.97 Å². The molecule has 1 atom stereocenters. The summed E-state index contributed by atoms with van der Waals surface area (Å²) in [6.45, 7) is 2.67. The topological polar surface area (TPSA) is 76.4 Å². The van der Waals surface area contributed by atoms with Crippen LogP contribution in [0.4, 0.5) is 0 Å².